The Morgan fingerprint density at radius 3 is 2.00 bits per heavy atom. The summed E-state index contributed by atoms with van der Waals surface area (Å²) < 4.78 is 10.2. The molecule has 106 valence electrons. The summed E-state index contributed by atoms with van der Waals surface area (Å²) in [6.07, 6.45) is 9.60. The molecule has 0 aromatic rings. The molecule has 0 bridgehead atoms. The highest BCUT2D eigenvalue weighted by atomic mass is 16.5. The molecule has 0 unspecified atom stereocenters. The number of allylic oxidation sites excluding steroid dienone is 1. The van der Waals surface area contributed by atoms with Crippen LogP contribution in [0.5, 0.6) is 0 Å². The van der Waals surface area contributed by atoms with Gasteiger partial charge in [-0.1, -0.05) is 25.7 Å². The Morgan fingerprint density at radius 1 is 0.947 bits per heavy atom. The molecule has 0 aromatic heterocycles. The topological polar surface area (TPSA) is 52.6 Å². The fourth-order valence-electron chi connectivity index (χ4n) is 2.98. The zero-order valence-electron chi connectivity index (χ0n) is 11.5. The van der Waals surface area contributed by atoms with Gasteiger partial charge in [0.2, 0.25) is 0 Å². The molecule has 0 aliphatic heterocycles. The van der Waals surface area contributed by atoms with Crippen molar-refractivity contribution in [1.29, 1.82) is 0 Å². The highest BCUT2D eigenvalue weighted by Gasteiger charge is 2.29. The van der Waals surface area contributed by atoms with Gasteiger partial charge in [0.1, 0.15) is 5.76 Å². The molecule has 0 N–H and O–H groups in total. The Hall–Kier alpha value is -1.32. The van der Waals surface area contributed by atoms with Crippen LogP contribution in [0.1, 0.15) is 51.4 Å². The maximum absolute atomic E-state index is 12.1. The summed E-state index contributed by atoms with van der Waals surface area (Å²) >= 11 is 0. The highest BCUT2D eigenvalue weighted by molar-refractivity contribution is 5.83. The fraction of sp³-hybridized carbons (Fsp3) is 0.733. The number of ether oxygens (including phenoxy) is 2. The number of carbonyl (C=O) groups is 2. The SMILES string of the molecule is COC(=O)C=C(OC(=O)C1CCCC1)C1CCCC1. The van der Waals surface area contributed by atoms with E-state index in [2.05, 4.69) is 4.74 Å². The van der Waals surface area contributed by atoms with E-state index in [0.29, 0.717) is 5.76 Å². The van der Waals surface area contributed by atoms with Gasteiger partial charge in [-0.2, -0.15) is 0 Å². The van der Waals surface area contributed by atoms with Crippen molar-refractivity contribution in [3.05, 3.63) is 11.8 Å². The Kier molecular flexibility index (Phi) is 5.00. The van der Waals surface area contributed by atoms with E-state index in [1.54, 1.807) is 0 Å². The molecule has 2 saturated carbocycles. The van der Waals surface area contributed by atoms with Gasteiger partial charge >= 0.3 is 11.9 Å². The third kappa shape index (κ3) is 3.82. The number of hydrogen-bond acceptors (Lipinski definition) is 4. The van der Waals surface area contributed by atoms with E-state index < -0.39 is 5.97 Å². The van der Waals surface area contributed by atoms with Crippen LogP contribution in [-0.4, -0.2) is 19.0 Å². The van der Waals surface area contributed by atoms with Crippen molar-refractivity contribution >= 4 is 11.9 Å². The summed E-state index contributed by atoms with van der Waals surface area (Å²) in [7, 11) is 1.34. The summed E-state index contributed by atoms with van der Waals surface area (Å²) in [6, 6.07) is 0. The molecule has 19 heavy (non-hydrogen) atoms. The lowest BCUT2D eigenvalue weighted by molar-refractivity contribution is -0.145. The van der Waals surface area contributed by atoms with Crippen molar-refractivity contribution < 1.29 is 19.1 Å². The molecular formula is C15H22O4. The van der Waals surface area contributed by atoms with Crippen molar-refractivity contribution in [2.24, 2.45) is 11.8 Å². The Labute approximate surface area is 114 Å². The van der Waals surface area contributed by atoms with Crippen molar-refractivity contribution in [3.63, 3.8) is 0 Å². The minimum absolute atomic E-state index is 0.0162. The Bertz CT molecular complexity index is 360. The predicted octanol–water partition coefficient (Wildman–Crippen LogP) is 2.97. The molecule has 0 atom stereocenters. The van der Waals surface area contributed by atoms with E-state index in [1.807, 2.05) is 0 Å². The minimum Gasteiger partial charge on any atom is -0.466 e. The zero-order chi connectivity index (χ0) is 13.7. The molecule has 2 fully saturated rings. The lowest BCUT2D eigenvalue weighted by atomic mass is 10.0. The first-order valence-electron chi connectivity index (χ1n) is 7.22. The van der Waals surface area contributed by atoms with Crippen LogP contribution in [0.25, 0.3) is 0 Å². The molecular weight excluding hydrogens is 244 g/mol. The molecule has 2 aliphatic carbocycles. The highest BCUT2D eigenvalue weighted by Crippen LogP contribution is 2.33. The second-order valence-electron chi connectivity index (χ2n) is 5.45. The molecule has 0 radical (unpaired) electrons. The first kappa shape index (κ1) is 14.1. The van der Waals surface area contributed by atoms with Crippen LogP contribution in [-0.2, 0) is 19.1 Å². The van der Waals surface area contributed by atoms with E-state index in [4.69, 9.17) is 4.74 Å². The summed E-state index contributed by atoms with van der Waals surface area (Å²) in [6.45, 7) is 0. The summed E-state index contributed by atoms with van der Waals surface area (Å²) in [5.74, 6) is 0.119. The van der Waals surface area contributed by atoms with Crippen molar-refractivity contribution in [3.8, 4) is 0 Å². The predicted molar refractivity (Wildman–Crippen MR) is 70.1 cm³/mol. The van der Waals surface area contributed by atoms with Gasteiger partial charge in [0.25, 0.3) is 0 Å². The summed E-state index contributed by atoms with van der Waals surface area (Å²) in [4.78, 5) is 23.5. The van der Waals surface area contributed by atoms with Crippen LogP contribution in [0, 0.1) is 11.8 Å². The van der Waals surface area contributed by atoms with Gasteiger partial charge in [0.15, 0.2) is 0 Å². The molecule has 4 heteroatoms. The molecule has 0 heterocycles. The summed E-state index contributed by atoms with van der Waals surface area (Å²) in [5, 5.41) is 0. The number of hydrogen-bond donors (Lipinski definition) is 0. The van der Waals surface area contributed by atoms with Crippen molar-refractivity contribution in [2.75, 3.05) is 7.11 Å². The number of carbonyl (C=O) groups excluding carboxylic acids is 2. The van der Waals surface area contributed by atoms with Gasteiger partial charge in [0, 0.05) is 5.92 Å². The molecule has 0 amide bonds. The van der Waals surface area contributed by atoms with Crippen LogP contribution in [0.4, 0.5) is 0 Å². The van der Waals surface area contributed by atoms with Crippen molar-refractivity contribution in [1.82, 2.24) is 0 Å². The van der Waals surface area contributed by atoms with Gasteiger partial charge in [-0.05, 0) is 25.7 Å². The smallest absolute Gasteiger partial charge is 0.333 e. The lowest BCUT2D eigenvalue weighted by Gasteiger charge is -2.16. The quantitative estimate of drug-likeness (QED) is 0.446. The molecule has 0 spiro atoms. The van der Waals surface area contributed by atoms with E-state index in [-0.39, 0.29) is 17.8 Å². The van der Waals surface area contributed by atoms with Gasteiger partial charge in [-0.15, -0.1) is 0 Å². The average molecular weight is 266 g/mol. The standard InChI is InChI=1S/C15H22O4/c1-18-14(16)10-13(11-6-2-3-7-11)19-15(17)12-8-4-5-9-12/h10-12H,2-9H2,1H3. The molecule has 0 saturated heterocycles. The van der Waals surface area contributed by atoms with Gasteiger partial charge < -0.3 is 9.47 Å². The summed E-state index contributed by atoms with van der Waals surface area (Å²) in [5.41, 5.74) is 0. The van der Waals surface area contributed by atoms with E-state index >= 15 is 0 Å². The molecule has 2 aliphatic rings. The van der Waals surface area contributed by atoms with E-state index in [0.717, 1.165) is 51.4 Å². The second-order valence-corrected chi connectivity index (χ2v) is 5.45. The van der Waals surface area contributed by atoms with E-state index in [1.165, 1.54) is 13.2 Å². The maximum Gasteiger partial charge on any atom is 0.333 e. The van der Waals surface area contributed by atoms with Crippen LogP contribution < -0.4 is 0 Å². The zero-order valence-corrected chi connectivity index (χ0v) is 11.5. The van der Waals surface area contributed by atoms with E-state index in [9.17, 15) is 9.59 Å². The molecule has 0 aromatic carbocycles. The largest absolute Gasteiger partial charge is 0.466 e. The van der Waals surface area contributed by atoms with Crippen LogP contribution in [0.15, 0.2) is 11.8 Å². The maximum atomic E-state index is 12.1. The van der Waals surface area contributed by atoms with Crippen molar-refractivity contribution in [2.45, 2.75) is 51.4 Å². The van der Waals surface area contributed by atoms with Crippen LogP contribution >= 0.6 is 0 Å². The molecule has 2 rings (SSSR count). The normalized spacial score (nSPS) is 21.6. The second kappa shape index (κ2) is 6.73. The van der Waals surface area contributed by atoms with Gasteiger partial charge in [-0.3, -0.25) is 4.79 Å². The average Bonchev–Trinajstić information content (AvgIpc) is 3.10. The molecule has 4 nitrogen and oxygen atoms in total. The number of rotatable bonds is 4. The van der Waals surface area contributed by atoms with Crippen LogP contribution in [0.2, 0.25) is 0 Å². The minimum atomic E-state index is -0.443. The third-order valence-electron chi connectivity index (χ3n) is 4.13. The lowest BCUT2D eigenvalue weighted by Crippen LogP contribution is -2.18. The number of esters is 2. The first-order chi connectivity index (χ1) is 9.20. The fourth-order valence-corrected chi connectivity index (χ4v) is 2.98. The monoisotopic (exact) mass is 266 g/mol. The van der Waals surface area contributed by atoms with Crippen LogP contribution in [0.3, 0.4) is 0 Å². The Balaban J connectivity index is 2.02. The first-order valence-corrected chi connectivity index (χ1v) is 7.22. The Morgan fingerprint density at radius 2 is 1.47 bits per heavy atom. The van der Waals surface area contributed by atoms with Gasteiger partial charge in [0.05, 0.1) is 19.1 Å². The third-order valence-corrected chi connectivity index (χ3v) is 4.13. The van der Waals surface area contributed by atoms with Gasteiger partial charge in [-0.25, -0.2) is 4.79 Å². The number of methoxy groups -OCH3 is 1.